The molecule has 0 aliphatic heterocycles. The molecular weight excluding hydrogens is 302 g/mol. The van der Waals surface area contributed by atoms with Crippen molar-refractivity contribution in [3.05, 3.63) is 35.4 Å². The highest BCUT2D eigenvalue weighted by Gasteiger charge is 2.36. The highest BCUT2D eigenvalue weighted by Crippen LogP contribution is 2.48. The highest BCUT2D eigenvalue weighted by molar-refractivity contribution is 5.76. The summed E-state index contributed by atoms with van der Waals surface area (Å²) in [5.41, 5.74) is 2.39. The molecule has 0 bridgehead atoms. The van der Waals surface area contributed by atoms with Crippen LogP contribution < -0.4 is 5.32 Å². The maximum absolute atomic E-state index is 11.4. The number of carboxylic acid groups (broad SMARTS) is 1. The Morgan fingerprint density at radius 3 is 2.71 bits per heavy atom. The first-order chi connectivity index (χ1) is 11.7. The largest absolute Gasteiger partial charge is 0.480 e. The summed E-state index contributed by atoms with van der Waals surface area (Å²) in [6.45, 7) is 0. The van der Waals surface area contributed by atoms with Crippen LogP contribution in [-0.4, -0.2) is 23.5 Å². The zero-order valence-electron chi connectivity index (χ0n) is 14.1. The molecule has 1 aromatic rings. The second kappa shape index (κ2) is 7.82. The minimum Gasteiger partial charge on any atom is -0.480 e. The molecule has 2 N–H and O–H groups in total. The van der Waals surface area contributed by atoms with E-state index < -0.39 is 12.0 Å². The van der Waals surface area contributed by atoms with Crippen LogP contribution in [0.1, 0.15) is 62.0 Å². The molecule has 130 valence electrons. The standard InChI is InChI=1S/C20H27NO3/c22-13-21-19(20(23)24)12-15-7-2-4-10-17(15)18-11-5-8-14-6-1-3-9-16(14)18/h2,4,7,10,13-14,16,18-19H,1,3,5-6,8-9,11-12H2,(H,21,22)(H,23,24)/t14?,16?,18?,19-/m0/s1. The Labute approximate surface area is 143 Å². The van der Waals surface area contributed by atoms with E-state index in [1.807, 2.05) is 12.1 Å². The van der Waals surface area contributed by atoms with Gasteiger partial charge in [-0.15, -0.1) is 0 Å². The Morgan fingerprint density at radius 1 is 1.17 bits per heavy atom. The van der Waals surface area contributed by atoms with Gasteiger partial charge in [0.05, 0.1) is 0 Å². The zero-order valence-corrected chi connectivity index (χ0v) is 14.1. The molecule has 4 heteroatoms. The van der Waals surface area contributed by atoms with Crippen LogP contribution in [0.4, 0.5) is 0 Å². The van der Waals surface area contributed by atoms with Crippen molar-refractivity contribution in [1.29, 1.82) is 0 Å². The quantitative estimate of drug-likeness (QED) is 0.785. The minimum atomic E-state index is -0.976. The number of hydrogen-bond donors (Lipinski definition) is 2. The second-order valence-corrected chi connectivity index (χ2v) is 7.32. The molecule has 1 aromatic carbocycles. The number of fused-ring (bicyclic) bond motifs is 1. The molecule has 3 rings (SSSR count). The molecule has 4 nitrogen and oxygen atoms in total. The minimum absolute atomic E-state index is 0.359. The number of carbonyl (C=O) groups is 2. The van der Waals surface area contributed by atoms with E-state index in [1.165, 1.54) is 50.5 Å². The van der Waals surface area contributed by atoms with E-state index in [4.69, 9.17) is 0 Å². The maximum atomic E-state index is 11.4. The number of carbonyl (C=O) groups excluding carboxylic acids is 1. The predicted molar refractivity (Wildman–Crippen MR) is 92.8 cm³/mol. The smallest absolute Gasteiger partial charge is 0.326 e. The lowest BCUT2D eigenvalue weighted by Gasteiger charge is -2.42. The molecule has 4 atom stereocenters. The van der Waals surface area contributed by atoms with Crippen LogP contribution >= 0.6 is 0 Å². The van der Waals surface area contributed by atoms with Crippen LogP contribution in [-0.2, 0) is 16.0 Å². The fraction of sp³-hybridized carbons (Fsp3) is 0.600. The van der Waals surface area contributed by atoms with Gasteiger partial charge in [-0.2, -0.15) is 0 Å². The van der Waals surface area contributed by atoms with E-state index in [9.17, 15) is 14.7 Å². The molecule has 1 amide bonds. The van der Waals surface area contributed by atoms with Crippen molar-refractivity contribution in [2.75, 3.05) is 0 Å². The van der Waals surface area contributed by atoms with Crippen molar-refractivity contribution in [3.63, 3.8) is 0 Å². The van der Waals surface area contributed by atoms with Gasteiger partial charge in [0, 0.05) is 6.42 Å². The molecular formula is C20H27NO3. The molecule has 0 radical (unpaired) electrons. The van der Waals surface area contributed by atoms with E-state index in [-0.39, 0.29) is 0 Å². The van der Waals surface area contributed by atoms with Gasteiger partial charge in [-0.05, 0) is 41.7 Å². The van der Waals surface area contributed by atoms with Crippen LogP contribution in [0, 0.1) is 11.8 Å². The fourth-order valence-corrected chi connectivity index (χ4v) is 4.93. The van der Waals surface area contributed by atoms with Crippen LogP contribution in [0.25, 0.3) is 0 Å². The van der Waals surface area contributed by atoms with Gasteiger partial charge in [-0.25, -0.2) is 4.79 Å². The van der Waals surface area contributed by atoms with Crippen molar-refractivity contribution in [2.45, 2.75) is 63.3 Å². The molecule has 0 aromatic heterocycles. The number of amides is 1. The maximum Gasteiger partial charge on any atom is 0.326 e. The SMILES string of the molecule is O=CN[C@@H](Cc1ccccc1C1CCCC2CCCCC21)C(=O)O. The summed E-state index contributed by atoms with van der Waals surface area (Å²) in [4.78, 5) is 22.1. The molecule has 0 heterocycles. The molecule has 2 aliphatic rings. The number of rotatable bonds is 6. The number of aliphatic carboxylic acids is 1. The summed E-state index contributed by atoms with van der Waals surface area (Å²) >= 11 is 0. The highest BCUT2D eigenvalue weighted by atomic mass is 16.4. The van der Waals surface area contributed by atoms with Gasteiger partial charge in [0.2, 0.25) is 6.41 Å². The van der Waals surface area contributed by atoms with E-state index >= 15 is 0 Å². The van der Waals surface area contributed by atoms with Gasteiger partial charge < -0.3 is 10.4 Å². The Morgan fingerprint density at radius 2 is 1.92 bits per heavy atom. The lowest BCUT2D eigenvalue weighted by Crippen LogP contribution is -2.38. The first-order valence-corrected chi connectivity index (χ1v) is 9.21. The van der Waals surface area contributed by atoms with E-state index in [1.54, 1.807) is 0 Å². The van der Waals surface area contributed by atoms with Crippen LogP contribution in [0.2, 0.25) is 0 Å². The first-order valence-electron chi connectivity index (χ1n) is 9.21. The van der Waals surface area contributed by atoms with Gasteiger partial charge in [-0.3, -0.25) is 4.79 Å². The topological polar surface area (TPSA) is 66.4 Å². The third-order valence-corrected chi connectivity index (χ3v) is 6.02. The number of hydrogen-bond acceptors (Lipinski definition) is 2. The van der Waals surface area contributed by atoms with Gasteiger partial charge in [0.15, 0.2) is 0 Å². The van der Waals surface area contributed by atoms with E-state index in [0.717, 1.165) is 17.4 Å². The predicted octanol–water partition coefficient (Wildman–Crippen LogP) is 3.50. The van der Waals surface area contributed by atoms with Crippen LogP contribution in [0.3, 0.4) is 0 Å². The Hall–Kier alpha value is -1.84. The van der Waals surface area contributed by atoms with E-state index in [2.05, 4.69) is 17.4 Å². The molecule has 0 saturated heterocycles. The summed E-state index contributed by atoms with van der Waals surface area (Å²) in [6.07, 6.45) is 10.0. The molecule has 0 spiro atoms. The Bertz CT molecular complexity index is 584. The average molecular weight is 329 g/mol. The fourth-order valence-electron chi connectivity index (χ4n) is 4.93. The third-order valence-electron chi connectivity index (χ3n) is 6.02. The molecule has 2 aliphatic carbocycles. The number of nitrogens with one attached hydrogen (secondary N) is 1. The molecule has 2 fully saturated rings. The lowest BCUT2D eigenvalue weighted by molar-refractivity contribution is -0.140. The Kier molecular flexibility index (Phi) is 5.54. The van der Waals surface area contributed by atoms with Gasteiger partial charge >= 0.3 is 5.97 Å². The van der Waals surface area contributed by atoms with Gasteiger partial charge in [-0.1, -0.05) is 56.4 Å². The summed E-state index contributed by atoms with van der Waals surface area (Å²) < 4.78 is 0. The van der Waals surface area contributed by atoms with Crippen molar-refractivity contribution in [2.24, 2.45) is 11.8 Å². The Balaban J connectivity index is 1.85. The average Bonchev–Trinajstić information content (AvgIpc) is 2.61. The number of benzene rings is 1. The zero-order chi connectivity index (χ0) is 16.9. The lowest BCUT2D eigenvalue weighted by atomic mass is 9.63. The van der Waals surface area contributed by atoms with Crippen LogP contribution in [0.15, 0.2) is 24.3 Å². The van der Waals surface area contributed by atoms with E-state index in [0.29, 0.717) is 18.7 Å². The van der Waals surface area contributed by atoms with Crippen LogP contribution in [0.5, 0.6) is 0 Å². The first kappa shape index (κ1) is 17.0. The van der Waals surface area contributed by atoms with Crippen molar-refractivity contribution in [1.82, 2.24) is 5.32 Å². The monoisotopic (exact) mass is 329 g/mol. The third kappa shape index (κ3) is 3.63. The van der Waals surface area contributed by atoms with Crippen molar-refractivity contribution >= 4 is 12.4 Å². The van der Waals surface area contributed by atoms with Gasteiger partial charge in [0.25, 0.3) is 0 Å². The molecule has 24 heavy (non-hydrogen) atoms. The summed E-state index contributed by atoms with van der Waals surface area (Å²) in [7, 11) is 0. The van der Waals surface area contributed by atoms with Gasteiger partial charge in [0.1, 0.15) is 6.04 Å². The molecule has 2 saturated carbocycles. The van der Waals surface area contributed by atoms with Crippen molar-refractivity contribution < 1.29 is 14.7 Å². The summed E-state index contributed by atoms with van der Waals surface area (Å²) in [5, 5.41) is 11.8. The second-order valence-electron chi connectivity index (χ2n) is 7.32. The summed E-state index contributed by atoms with van der Waals surface area (Å²) in [6, 6.07) is 7.39. The normalized spacial score (nSPS) is 27.8. The molecule has 3 unspecified atom stereocenters. The van der Waals surface area contributed by atoms with Crippen molar-refractivity contribution in [3.8, 4) is 0 Å². The number of carboxylic acids is 1. The summed E-state index contributed by atoms with van der Waals surface area (Å²) in [5.74, 6) is 1.16.